The summed E-state index contributed by atoms with van der Waals surface area (Å²) >= 11 is 0. The van der Waals surface area contributed by atoms with Gasteiger partial charge in [-0.15, -0.1) is 0 Å². The molecule has 3 rings (SSSR count). The van der Waals surface area contributed by atoms with Crippen LogP contribution in [0.2, 0.25) is 0 Å². The van der Waals surface area contributed by atoms with Crippen LogP contribution in [-0.2, 0) is 21.4 Å². The van der Waals surface area contributed by atoms with E-state index in [9.17, 15) is 13.2 Å². The maximum atomic E-state index is 13.3. The Kier molecular flexibility index (Phi) is 6.49. The lowest BCUT2D eigenvalue weighted by molar-refractivity contribution is -0.137. The topological polar surface area (TPSA) is 60.9 Å². The van der Waals surface area contributed by atoms with Crippen molar-refractivity contribution in [2.24, 2.45) is 0 Å². The number of benzene rings is 2. The van der Waals surface area contributed by atoms with Crippen LogP contribution in [0.4, 0.5) is 0 Å². The fourth-order valence-corrected chi connectivity index (χ4v) is 4.07. The minimum Gasteiger partial charge on any atom is -0.338 e. The Labute approximate surface area is 167 Å². The first-order valence-corrected chi connectivity index (χ1v) is 11.2. The molecule has 1 aliphatic rings. The minimum absolute atomic E-state index is 0.168. The molecule has 28 heavy (non-hydrogen) atoms. The Hall–Kier alpha value is -2.22. The number of rotatable bonds is 6. The molecule has 1 amide bonds. The number of likely N-dealkylation sites (N-methyl/N-ethyl adjacent to an activating group) is 1. The van der Waals surface area contributed by atoms with Crippen molar-refractivity contribution in [2.45, 2.75) is 12.6 Å². The Morgan fingerprint density at radius 3 is 2.04 bits per heavy atom. The Bertz CT molecular complexity index is 880. The molecule has 1 heterocycles. The third-order valence-corrected chi connectivity index (χ3v) is 6.43. The van der Waals surface area contributed by atoms with Crippen molar-refractivity contribution in [3.63, 3.8) is 0 Å². The van der Waals surface area contributed by atoms with E-state index in [2.05, 4.69) is 17.0 Å². The van der Waals surface area contributed by atoms with Gasteiger partial charge in [0, 0.05) is 39.8 Å². The third kappa shape index (κ3) is 4.98. The molecule has 150 valence electrons. The first kappa shape index (κ1) is 20.5. The first-order valence-electron chi connectivity index (χ1n) is 9.39. The summed E-state index contributed by atoms with van der Waals surface area (Å²) in [5, 5.41) is 0. The summed E-state index contributed by atoms with van der Waals surface area (Å²) in [4.78, 5) is 17.3. The van der Waals surface area contributed by atoms with Crippen molar-refractivity contribution < 1.29 is 13.2 Å². The predicted octanol–water partition coefficient (Wildman–Crippen LogP) is 1.96. The highest BCUT2D eigenvalue weighted by Gasteiger charge is 2.35. The molecule has 1 atom stereocenters. The molecule has 1 aliphatic heterocycles. The molecule has 2 aromatic carbocycles. The number of carbonyl (C=O) groups is 1. The van der Waals surface area contributed by atoms with Gasteiger partial charge in [0.25, 0.3) is 0 Å². The lowest BCUT2D eigenvalue weighted by Crippen LogP contribution is -2.52. The molecular formula is C21H27N3O3S. The van der Waals surface area contributed by atoms with Gasteiger partial charge in [-0.05, 0) is 11.1 Å². The van der Waals surface area contributed by atoms with Crippen LogP contribution in [0.5, 0.6) is 0 Å². The number of hydrogen-bond donors (Lipinski definition) is 0. The van der Waals surface area contributed by atoms with Crippen LogP contribution in [0.3, 0.4) is 0 Å². The Morgan fingerprint density at radius 1 is 0.964 bits per heavy atom. The molecule has 0 spiro atoms. The molecule has 0 saturated carbocycles. The lowest BCUT2D eigenvalue weighted by Gasteiger charge is -2.38. The number of sulfonamides is 1. The van der Waals surface area contributed by atoms with Gasteiger partial charge in [0.1, 0.15) is 6.04 Å². The largest absolute Gasteiger partial charge is 0.338 e. The van der Waals surface area contributed by atoms with Crippen LogP contribution in [0, 0.1) is 0 Å². The van der Waals surface area contributed by atoms with E-state index in [1.807, 2.05) is 36.4 Å². The quantitative estimate of drug-likeness (QED) is 0.743. The summed E-state index contributed by atoms with van der Waals surface area (Å²) in [6.07, 6.45) is 1.13. The van der Waals surface area contributed by atoms with Gasteiger partial charge in [0.2, 0.25) is 15.9 Å². The Balaban J connectivity index is 1.70. The number of piperazine rings is 1. The molecular weight excluding hydrogens is 374 g/mol. The molecule has 1 fully saturated rings. The standard InChI is InChI=1S/C21H27N3O3S/c1-22(28(2,26)27)20(19-11-7-4-8-12-19)21(25)24-15-13-23(14-16-24)17-18-9-5-3-6-10-18/h3-12,20H,13-17H2,1-2H3. The Morgan fingerprint density at radius 2 is 1.50 bits per heavy atom. The van der Waals surface area contributed by atoms with Gasteiger partial charge in [-0.2, -0.15) is 4.31 Å². The molecule has 0 bridgehead atoms. The fourth-order valence-electron chi connectivity index (χ4n) is 3.48. The molecule has 0 aromatic heterocycles. The van der Waals surface area contributed by atoms with Crippen molar-refractivity contribution in [1.82, 2.24) is 14.1 Å². The van der Waals surface area contributed by atoms with Crippen molar-refractivity contribution in [2.75, 3.05) is 39.5 Å². The van der Waals surface area contributed by atoms with Crippen LogP contribution < -0.4 is 0 Å². The van der Waals surface area contributed by atoms with Gasteiger partial charge in [0.05, 0.1) is 6.26 Å². The van der Waals surface area contributed by atoms with Crippen molar-refractivity contribution in [1.29, 1.82) is 0 Å². The first-order chi connectivity index (χ1) is 13.4. The van der Waals surface area contributed by atoms with Gasteiger partial charge in [-0.1, -0.05) is 60.7 Å². The van der Waals surface area contributed by atoms with Crippen LogP contribution in [0.1, 0.15) is 17.2 Å². The van der Waals surface area contributed by atoms with E-state index < -0.39 is 16.1 Å². The molecule has 2 aromatic rings. The highest BCUT2D eigenvalue weighted by molar-refractivity contribution is 7.88. The van der Waals surface area contributed by atoms with Crippen LogP contribution in [0.25, 0.3) is 0 Å². The summed E-state index contributed by atoms with van der Waals surface area (Å²) in [6, 6.07) is 18.5. The van der Waals surface area contributed by atoms with E-state index in [-0.39, 0.29) is 5.91 Å². The smallest absolute Gasteiger partial charge is 0.245 e. The maximum Gasteiger partial charge on any atom is 0.245 e. The minimum atomic E-state index is -3.51. The summed E-state index contributed by atoms with van der Waals surface area (Å²) in [5.41, 5.74) is 1.94. The monoisotopic (exact) mass is 401 g/mol. The fraction of sp³-hybridized carbons (Fsp3) is 0.381. The summed E-state index contributed by atoms with van der Waals surface area (Å²) in [6.45, 7) is 3.57. The highest BCUT2D eigenvalue weighted by atomic mass is 32.2. The second kappa shape index (κ2) is 8.86. The summed E-state index contributed by atoms with van der Waals surface area (Å²) in [7, 11) is -2.04. The van der Waals surface area contributed by atoms with Crippen molar-refractivity contribution in [3.05, 3.63) is 71.8 Å². The molecule has 0 aliphatic carbocycles. The van der Waals surface area contributed by atoms with Gasteiger partial charge in [-0.3, -0.25) is 9.69 Å². The zero-order valence-corrected chi connectivity index (χ0v) is 17.2. The van der Waals surface area contributed by atoms with E-state index in [1.165, 1.54) is 16.9 Å². The second-order valence-corrected chi connectivity index (χ2v) is 9.22. The zero-order chi connectivity index (χ0) is 20.1. The normalized spacial score (nSPS) is 16.9. The highest BCUT2D eigenvalue weighted by Crippen LogP contribution is 2.25. The predicted molar refractivity (Wildman–Crippen MR) is 110 cm³/mol. The van der Waals surface area contributed by atoms with Gasteiger partial charge < -0.3 is 4.90 Å². The molecule has 1 saturated heterocycles. The molecule has 0 radical (unpaired) electrons. The zero-order valence-electron chi connectivity index (χ0n) is 16.4. The maximum absolute atomic E-state index is 13.3. The van der Waals surface area contributed by atoms with E-state index in [4.69, 9.17) is 0 Å². The van der Waals surface area contributed by atoms with E-state index in [0.717, 1.165) is 25.9 Å². The average Bonchev–Trinajstić information content (AvgIpc) is 2.69. The van der Waals surface area contributed by atoms with Gasteiger partial charge in [0.15, 0.2) is 0 Å². The SMILES string of the molecule is CN(C(C(=O)N1CCN(Cc2ccccc2)CC1)c1ccccc1)S(C)(=O)=O. The second-order valence-electron chi connectivity index (χ2n) is 7.18. The van der Waals surface area contributed by atoms with E-state index in [0.29, 0.717) is 18.7 Å². The average molecular weight is 402 g/mol. The van der Waals surface area contributed by atoms with Crippen LogP contribution >= 0.6 is 0 Å². The van der Waals surface area contributed by atoms with Crippen LogP contribution in [0.15, 0.2) is 60.7 Å². The summed E-state index contributed by atoms with van der Waals surface area (Å²) in [5.74, 6) is -0.168. The van der Waals surface area contributed by atoms with Gasteiger partial charge >= 0.3 is 0 Å². The third-order valence-electron chi connectivity index (χ3n) is 5.17. The lowest BCUT2D eigenvalue weighted by atomic mass is 10.1. The van der Waals surface area contributed by atoms with Gasteiger partial charge in [-0.25, -0.2) is 8.42 Å². The number of hydrogen-bond acceptors (Lipinski definition) is 4. The number of carbonyl (C=O) groups excluding carboxylic acids is 1. The molecule has 0 N–H and O–H groups in total. The molecule has 7 heteroatoms. The number of amides is 1. The summed E-state index contributed by atoms with van der Waals surface area (Å²) < 4.78 is 25.4. The van der Waals surface area contributed by atoms with Crippen molar-refractivity contribution in [3.8, 4) is 0 Å². The number of nitrogens with zero attached hydrogens (tertiary/aromatic N) is 3. The van der Waals surface area contributed by atoms with Crippen molar-refractivity contribution >= 4 is 15.9 Å². The molecule has 6 nitrogen and oxygen atoms in total. The molecule has 1 unspecified atom stereocenters. The van der Waals surface area contributed by atoms with E-state index in [1.54, 1.807) is 17.0 Å². The van der Waals surface area contributed by atoms with Crippen LogP contribution in [-0.4, -0.2) is 67.9 Å². The van der Waals surface area contributed by atoms with E-state index >= 15 is 0 Å².